The Balaban J connectivity index is 4.21. The predicted octanol–water partition coefficient (Wildman–Crippen LogP) is 2.76. The number of rotatable bonds is 5. The lowest BCUT2D eigenvalue weighted by molar-refractivity contribution is 0.390. The van der Waals surface area contributed by atoms with Gasteiger partial charge in [0.1, 0.15) is 8.96 Å². The van der Waals surface area contributed by atoms with Gasteiger partial charge in [0.25, 0.3) is 0 Å². The maximum absolute atomic E-state index is 6.13. The minimum absolute atomic E-state index is 0.826. The molecule has 2 heteroatoms. The molecule has 3 atom stereocenters. The van der Waals surface area contributed by atoms with E-state index in [4.69, 9.17) is 5.40 Å². The van der Waals surface area contributed by atoms with Gasteiger partial charge in [-0.05, 0) is 17.4 Å². The first-order valence-electron chi connectivity index (χ1n) is 5.30. The Morgan fingerprint density at radius 3 is 1.58 bits per heavy atom. The summed E-state index contributed by atoms with van der Waals surface area (Å²) in [5, 5.41) is 6.13. The number of nitrogens with two attached hydrogens (primary N) is 1. The maximum Gasteiger partial charge on any atom is 0.106 e. The first-order chi connectivity index (χ1) is 5.54. The molecule has 0 spiro atoms. The summed E-state index contributed by atoms with van der Waals surface area (Å²) in [4.78, 5) is 0. The Morgan fingerprint density at radius 1 is 1.08 bits per heavy atom. The zero-order chi connectivity index (χ0) is 9.72. The molecule has 1 nitrogen and oxygen atoms in total. The zero-order valence-electron chi connectivity index (χ0n) is 9.30. The average molecular weight is 187 g/mol. The summed E-state index contributed by atoms with van der Waals surface area (Å²) in [5.41, 5.74) is 0.833. The van der Waals surface area contributed by atoms with Crippen LogP contribution in [0.3, 0.4) is 0 Å². The minimum Gasteiger partial charge on any atom is -0.353 e. The molecule has 0 fully saturated rings. The summed E-state index contributed by atoms with van der Waals surface area (Å²) in [6.45, 7) is 11.5. The second kappa shape index (κ2) is 5.76. The smallest absolute Gasteiger partial charge is 0.106 e. The van der Waals surface area contributed by atoms with Crippen molar-refractivity contribution >= 4 is 8.96 Å². The fraction of sp³-hybridized carbons (Fsp3) is 1.00. The second-order valence-corrected chi connectivity index (χ2v) is 6.70. The summed E-state index contributed by atoms with van der Waals surface area (Å²) in [6.07, 6.45) is 2.56. The van der Waals surface area contributed by atoms with Crippen LogP contribution in [-0.4, -0.2) is 8.96 Å². The summed E-state index contributed by atoms with van der Waals surface area (Å²) in [6, 6.07) is 0. The van der Waals surface area contributed by atoms with Gasteiger partial charge in [0, 0.05) is 0 Å². The standard InChI is InChI=1S/C10H25NSi/c1-6-8(3)10(12(5)11)9(4)7-2/h8-10,12H,6-7,11H2,1-5H3. The van der Waals surface area contributed by atoms with E-state index in [0.29, 0.717) is 0 Å². The van der Waals surface area contributed by atoms with Crippen LogP contribution in [0, 0.1) is 11.8 Å². The van der Waals surface area contributed by atoms with E-state index in [2.05, 4.69) is 34.2 Å². The molecule has 0 aliphatic carbocycles. The normalized spacial score (nSPS) is 21.5. The summed E-state index contributed by atoms with van der Waals surface area (Å²) >= 11 is 0. The molecule has 2 N–H and O–H groups in total. The summed E-state index contributed by atoms with van der Waals surface area (Å²) < 4.78 is 0. The first kappa shape index (κ1) is 12.2. The van der Waals surface area contributed by atoms with Crippen molar-refractivity contribution in [2.24, 2.45) is 17.2 Å². The molecule has 0 aliphatic heterocycles. The van der Waals surface area contributed by atoms with Gasteiger partial charge in [-0.25, -0.2) is 0 Å². The van der Waals surface area contributed by atoms with Crippen molar-refractivity contribution in [3.63, 3.8) is 0 Å². The quantitative estimate of drug-likeness (QED) is 0.658. The molecule has 0 rings (SSSR count). The van der Waals surface area contributed by atoms with E-state index in [1.54, 1.807) is 0 Å². The largest absolute Gasteiger partial charge is 0.353 e. The van der Waals surface area contributed by atoms with Crippen molar-refractivity contribution < 1.29 is 0 Å². The molecule has 0 radical (unpaired) electrons. The third-order valence-electron chi connectivity index (χ3n) is 3.21. The van der Waals surface area contributed by atoms with E-state index in [0.717, 1.165) is 17.4 Å². The van der Waals surface area contributed by atoms with Crippen molar-refractivity contribution in [1.82, 2.24) is 0 Å². The molecule has 74 valence electrons. The first-order valence-corrected chi connectivity index (χ1v) is 7.78. The van der Waals surface area contributed by atoms with E-state index >= 15 is 0 Å². The number of hydrogen-bond acceptors (Lipinski definition) is 1. The SMILES string of the molecule is CCC(C)C(C(C)CC)[SiH](C)N. The van der Waals surface area contributed by atoms with E-state index < -0.39 is 8.96 Å². The van der Waals surface area contributed by atoms with Gasteiger partial charge in [-0.2, -0.15) is 0 Å². The molecule has 0 saturated heterocycles. The summed E-state index contributed by atoms with van der Waals surface area (Å²) in [7, 11) is -0.937. The van der Waals surface area contributed by atoms with E-state index in [1.807, 2.05) is 0 Å². The highest BCUT2D eigenvalue weighted by Gasteiger charge is 2.25. The van der Waals surface area contributed by atoms with Gasteiger partial charge < -0.3 is 5.40 Å². The second-order valence-electron chi connectivity index (χ2n) is 4.21. The van der Waals surface area contributed by atoms with Crippen molar-refractivity contribution in [2.75, 3.05) is 0 Å². The van der Waals surface area contributed by atoms with Crippen molar-refractivity contribution in [3.05, 3.63) is 0 Å². The fourth-order valence-corrected chi connectivity index (χ4v) is 4.76. The van der Waals surface area contributed by atoms with E-state index in [9.17, 15) is 0 Å². The Labute approximate surface area is 79.4 Å². The minimum atomic E-state index is -0.937. The van der Waals surface area contributed by atoms with Crippen LogP contribution >= 0.6 is 0 Å². The molecular formula is C10H25NSi. The Kier molecular flexibility index (Phi) is 5.84. The Bertz CT molecular complexity index is 104. The topological polar surface area (TPSA) is 26.0 Å². The van der Waals surface area contributed by atoms with Crippen LogP contribution in [0.1, 0.15) is 40.5 Å². The van der Waals surface area contributed by atoms with Crippen molar-refractivity contribution in [2.45, 2.75) is 52.6 Å². The van der Waals surface area contributed by atoms with Gasteiger partial charge in [0.05, 0.1) is 0 Å². The lowest BCUT2D eigenvalue weighted by Gasteiger charge is -2.30. The third kappa shape index (κ3) is 3.28. The number of hydrogen-bond donors (Lipinski definition) is 1. The van der Waals surface area contributed by atoms with Gasteiger partial charge >= 0.3 is 0 Å². The molecule has 0 aromatic heterocycles. The lowest BCUT2D eigenvalue weighted by Crippen LogP contribution is -2.35. The average Bonchev–Trinajstić information content (AvgIpc) is 2.03. The predicted molar refractivity (Wildman–Crippen MR) is 59.9 cm³/mol. The summed E-state index contributed by atoms with van der Waals surface area (Å²) in [5.74, 6) is 1.65. The lowest BCUT2D eigenvalue weighted by atomic mass is 9.93. The van der Waals surface area contributed by atoms with Crippen molar-refractivity contribution in [3.8, 4) is 0 Å². The van der Waals surface area contributed by atoms with Gasteiger partial charge in [0.15, 0.2) is 0 Å². The molecule has 0 heterocycles. The van der Waals surface area contributed by atoms with Gasteiger partial charge in [-0.1, -0.05) is 47.1 Å². The maximum atomic E-state index is 6.13. The van der Waals surface area contributed by atoms with Crippen LogP contribution in [0.25, 0.3) is 0 Å². The van der Waals surface area contributed by atoms with Gasteiger partial charge in [-0.15, -0.1) is 0 Å². The van der Waals surface area contributed by atoms with Crippen LogP contribution in [0.2, 0.25) is 12.1 Å². The third-order valence-corrected chi connectivity index (χ3v) is 5.74. The molecule has 3 unspecified atom stereocenters. The molecule has 0 aliphatic rings. The Morgan fingerprint density at radius 2 is 1.42 bits per heavy atom. The molecule has 0 aromatic rings. The molecule has 0 bridgehead atoms. The highest BCUT2D eigenvalue weighted by atomic mass is 28.3. The molecular weight excluding hydrogens is 162 g/mol. The molecule has 12 heavy (non-hydrogen) atoms. The van der Waals surface area contributed by atoms with Crippen molar-refractivity contribution in [1.29, 1.82) is 0 Å². The van der Waals surface area contributed by atoms with Crippen LogP contribution < -0.4 is 5.40 Å². The monoisotopic (exact) mass is 187 g/mol. The van der Waals surface area contributed by atoms with Crippen LogP contribution in [0.15, 0.2) is 0 Å². The molecule has 0 saturated carbocycles. The van der Waals surface area contributed by atoms with Gasteiger partial charge in [-0.3, -0.25) is 0 Å². The fourth-order valence-electron chi connectivity index (χ4n) is 2.14. The highest BCUT2D eigenvalue weighted by Crippen LogP contribution is 2.32. The molecule has 0 aromatic carbocycles. The Hall–Kier alpha value is 0.177. The highest BCUT2D eigenvalue weighted by molar-refractivity contribution is 6.55. The van der Waals surface area contributed by atoms with Gasteiger partial charge in [0.2, 0.25) is 0 Å². The molecule has 0 amide bonds. The van der Waals surface area contributed by atoms with E-state index in [-0.39, 0.29) is 0 Å². The van der Waals surface area contributed by atoms with Crippen LogP contribution in [0.4, 0.5) is 0 Å². The van der Waals surface area contributed by atoms with E-state index in [1.165, 1.54) is 12.8 Å². The van der Waals surface area contributed by atoms with Crippen LogP contribution in [-0.2, 0) is 0 Å². The van der Waals surface area contributed by atoms with Crippen LogP contribution in [0.5, 0.6) is 0 Å². The zero-order valence-corrected chi connectivity index (χ0v) is 10.5.